The lowest BCUT2D eigenvalue weighted by molar-refractivity contribution is -0.250. The third-order valence-corrected chi connectivity index (χ3v) is 3.16. The van der Waals surface area contributed by atoms with Crippen molar-refractivity contribution in [3.8, 4) is 0 Å². The molecule has 0 aliphatic heterocycles. The lowest BCUT2D eigenvalue weighted by Gasteiger charge is -1.98. The van der Waals surface area contributed by atoms with Crippen LogP contribution in [0.5, 0.6) is 0 Å². The Morgan fingerprint density at radius 2 is 1.09 bits per heavy atom. The molecule has 0 aromatic rings. The topological polar surface area (TPSA) is 52.6 Å². The highest BCUT2D eigenvalue weighted by molar-refractivity contribution is 5.84. The van der Waals surface area contributed by atoms with Crippen molar-refractivity contribution in [2.75, 3.05) is 0 Å². The van der Waals surface area contributed by atoms with E-state index >= 15 is 0 Å². The van der Waals surface area contributed by atoms with E-state index in [9.17, 15) is 9.59 Å². The molecule has 0 saturated carbocycles. The fraction of sp³-hybridized carbons (Fsp3) is 0.667. The van der Waals surface area contributed by atoms with E-state index in [2.05, 4.69) is 23.6 Å². The number of unbranched alkanes of at least 4 members (excludes halogenated alkanes) is 8. The third kappa shape index (κ3) is 14.8. The van der Waals surface area contributed by atoms with Crippen LogP contribution in [0.3, 0.4) is 0 Å². The fourth-order valence-electron chi connectivity index (χ4n) is 1.87. The molecule has 0 amide bonds. The second kappa shape index (κ2) is 15.8. The van der Waals surface area contributed by atoms with Crippen LogP contribution < -0.4 is 0 Å². The van der Waals surface area contributed by atoms with Gasteiger partial charge in [0.25, 0.3) is 0 Å². The minimum absolute atomic E-state index is 0.653. The van der Waals surface area contributed by atoms with Crippen molar-refractivity contribution in [3.05, 3.63) is 24.3 Å². The zero-order valence-electron chi connectivity index (χ0n) is 14.0. The van der Waals surface area contributed by atoms with Gasteiger partial charge in [-0.25, -0.2) is 19.4 Å². The lowest BCUT2D eigenvalue weighted by Crippen LogP contribution is -2.07. The molecule has 0 saturated heterocycles. The summed E-state index contributed by atoms with van der Waals surface area (Å²) in [5, 5.41) is 0. The summed E-state index contributed by atoms with van der Waals surface area (Å²) in [6.45, 7) is 4.31. The molecule has 0 aliphatic carbocycles. The summed E-state index contributed by atoms with van der Waals surface area (Å²) < 4.78 is 0. The molecule has 0 bridgehead atoms. The monoisotopic (exact) mass is 310 g/mol. The van der Waals surface area contributed by atoms with Gasteiger partial charge in [-0.1, -0.05) is 64.5 Å². The molecule has 22 heavy (non-hydrogen) atoms. The summed E-state index contributed by atoms with van der Waals surface area (Å²) in [6, 6.07) is 0. The Morgan fingerprint density at radius 3 is 1.45 bits per heavy atom. The van der Waals surface area contributed by atoms with Crippen LogP contribution in [0, 0.1) is 0 Å². The summed E-state index contributed by atoms with van der Waals surface area (Å²) in [4.78, 5) is 31.3. The molecular formula is C18H30O4. The average Bonchev–Trinajstić information content (AvgIpc) is 2.52. The Kier molecular flexibility index (Phi) is 14.7. The van der Waals surface area contributed by atoms with Crippen molar-refractivity contribution in [2.24, 2.45) is 0 Å². The molecule has 126 valence electrons. The highest BCUT2D eigenvalue weighted by Gasteiger charge is 2.02. The Labute approximate surface area is 134 Å². The number of hydrogen-bond donors (Lipinski definition) is 0. The molecule has 0 rings (SSSR count). The van der Waals surface area contributed by atoms with E-state index in [-0.39, 0.29) is 0 Å². The quantitative estimate of drug-likeness (QED) is 0.219. The Bertz CT molecular complexity index is 311. The van der Waals surface area contributed by atoms with E-state index in [1.54, 1.807) is 12.2 Å². The van der Waals surface area contributed by atoms with Crippen LogP contribution >= 0.6 is 0 Å². The zero-order valence-corrected chi connectivity index (χ0v) is 14.0. The fourth-order valence-corrected chi connectivity index (χ4v) is 1.87. The predicted molar refractivity (Wildman–Crippen MR) is 88.0 cm³/mol. The van der Waals surface area contributed by atoms with Gasteiger partial charge in [-0.3, -0.25) is 0 Å². The van der Waals surface area contributed by atoms with Crippen LogP contribution in [-0.4, -0.2) is 11.9 Å². The highest BCUT2D eigenvalue weighted by Crippen LogP contribution is 2.04. The molecule has 0 unspecified atom stereocenters. The van der Waals surface area contributed by atoms with Crippen molar-refractivity contribution in [1.29, 1.82) is 0 Å². The van der Waals surface area contributed by atoms with Gasteiger partial charge >= 0.3 is 11.9 Å². The second-order valence-electron chi connectivity index (χ2n) is 5.31. The third-order valence-electron chi connectivity index (χ3n) is 3.16. The zero-order chi connectivity index (χ0) is 16.5. The minimum Gasteiger partial charge on any atom is -0.242 e. The van der Waals surface area contributed by atoms with Crippen LogP contribution in [0.15, 0.2) is 24.3 Å². The van der Waals surface area contributed by atoms with Gasteiger partial charge in [0.05, 0.1) is 0 Å². The molecule has 0 heterocycles. The summed E-state index contributed by atoms with van der Waals surface area (Å²) in [6.07, 6.45) is 17.0. The van der Waals surface area contributed by atoms with Crippen LogP contribution in [-0.2, 0) is 19.4 Å². The molecule has 0 fully saturated rings. The van der Waals surface area contributed by atoms with Gasteiger partial charge in [0, 0.05) is 12.2 Å². The first-order valence-corrected chi connectivity index (χ1v) is 8.46. The highest BCUT2D eigenvalue weighted by atomic mass is 17.2. The van der Waals surface area contributed by atoms with Crippen LogP contribution in [0.4, 0.5) is 0 Å². The van der Waals surface area contributed by atoms with Gasteiger partial charge < -0.3 is 0 Å². The maximum absolute atomic E-state index is 11.3. The Balaban J connectivity index is 3.61. The largest absolute Gasteiger partial charge is 0.378 e. The first-order chi connectivity index (χ1) is 10.7. The molecule has 0 N–H and O–H groups in total. The number of allylic oxidation sites excluding steroid dienone is 2. The van der Waals surface area contributed by atoms with E-state index in [1.165, 1.54) is 37.8 Å². The second-order valence-corrected chi connectivity index (χ2v) is 5.31. The minimum atomic E-state index is -0.653. The molecule has 4 nitrogen and oxygen atoms in total. The molecular weight excluding hydrogens is 280 g/mol. The number of carbonyl (C=O) groups excluding carboxylic acids is 2. The van der Waals surface area contributed by atoms with Gasteiger partial charge in [0.2, 0.25) is 0 Å². The maximum Gasteiger partial charge on any atom is 0.378 e. The number of hydrogen-bond acceptors (Lipinski definition) is 4. The average molecular weight is 310 g/mol. The van der Waals surface area contributed by atoms with Crippen molar-refractivity contribution in [2.45, 2.75) is 78.1 Å². The van der Waals surface area contributed by atoms with Crippen LogP contribution in [0.25, 0.3) is 0 Å². The van der Waals surface area contributed by atoms with Gasteiger partial charge in [-0.05, 0) is 25.7 Å². The smallest absolute Gasteiger partial charge is 0.242 e. The van der Waals surface area contributed by atoms with E-state index in [1.807, 2.05) is 0 Å². The normalized spacial score (nSPS) is 11.2. The van der Waals surface area contributed by atoms with Gasteiger partial charge in [0.15, 0.2) is 0 Å². The molecule has 0 radical (unpaired) electrons. The van der Waals surface area contributed by atoms with Crippen molar-refractivity contribution in [1.82, 2.24) is 0 Å². The summed E-state index contributed by atoms with van der Waals surface area (Å²) in [5.74, 6) is -1.31. The van der Waals surface area contributed by atoms with E-state index in [0.29, 0.717) is 0 Å². The van der Waals surface area contributed by atoms with Gasteiger partial charge in [-0.15, -0.1) is 0 Å². The molecule has 0 atom stereocenters. The Morgan fingerprint density at radius 1 is 0.682 bits per heavy atom. The van der Waals surface area contributed by atoms with Crippen molar-refractivity contribution in [3.63, 3.8) is 0 Å². The van der Waals surface area contributed by atoms with Crippen molar-refractivity contribution >= 4 is 11.9 Å². The number of carbonyl (C=O) groups is 2. The molecule has 0 spiro atoms. The summed E-state index contributed by atoms with van der Waals surface area (Å²) in [5.41, 5.74) is 0. The van der Waals surface area contributed by atoms with Crippen molar-refractivity contribution < 1.29 is 19.4 Å². The van der Waals surface area contributed by atoms with Gasteiger partial charge in [0.1, 0.15) is 0 Å². The standard InChI is InChI=1S/C18H30O4/c1-3-5-7-9-11-13-15-17(19)21-22-18(20)16-14-12-10-8-6-4-2/h13-16H,3-12H2,1-2H3/b15-13+,16-14+. The van der Waals surface area contributed by atoms with E-state index < -0.39 is 11.9 Å². The van der Waals surface area contributed by atoms with Gasteiger partial charge in [-0.2, -0.15) is 0 Å². The predicted octanol–water partition coefficient (Wildman–Crippen LogP) is 5.04. The van der Waals surface area contributed by atoms with E-state index in [0.717, 1.165) is 38.5 Å². The first-order valence-electron chi connectivity index (χ1n) is 8.46. The lowest BCUT2D eigenvalue weighted by atomic mass is 10.1. The first kappa shape index (κ1) is 20.4. The summed E-state index contributed by atoms with van der Waals surface area (Å²) in [7, 11) is 0. The molecule has 0 aliphatic rings. The number of rotatable bonds is 12. The summed E-state index contributed by atoms with van der Waals surface area (Å²) >= 11 is 0. The molecule has 0 aromatic carbocycles. The molecule has 4 heteroatoms. The molecule has 0 aromatic heterocycles. The Hall–Kier alpha value is -1.58. The van der Waals surface area contributed by atoms with Crippen LogP contribution in [0.2, 0.25) is 0 Å². The van der Waals surface area contributed by atoms with E-state index in [4.69, 9.17) is 0 Å². The SMILES string of the molecule is CCCCCC/C=C/C(=O)OOC(=O)/C=C/CCCCCC. The van der Waals surface area contributed by atoms with Crippen LogP contribution in [0.1, 0.15) is 78.1 Å². The maximum atomic E-state index is 11.3.